The molecule has 28 heavy (non-hydrogen) atoms. The fraction of sp³-hybridized carbons (Fsp3) is 0.750. The molecule has 0 fully saturated rings. The van der Waals surface area contributed by atoms with Crippen LogP contribution in [0.2, 0.25) is 0 Å². The van der Waals surface area contributed by atoms with E-state index in [1.165, 1.54) is 0 Å². The number of hydrogen-bond acceptors (Lipinski definition) is 2. The summed E-state index contributed by atoms with van der Waals surface area (Å²) in [5, 5.41) is 8.24. The number of nitrogens with zero attached hydrogens (tertiary/aromatic N) is 4. The minimum Gasteiger partial charge on any atom is -0.690 e. The standard InChI is InChI=1S/C8H17ClN2Si.C8H16N2.Cl3HSi.2Li/c1-7(2)10-5-6-11(8(3)4)12(10)9;1-7(2)9-5-6-10-8(3)4;1-4(2)3;;/h5-8,12H,1-4H3;5-8H,1-4H3;4H;;/q;-2;;2*+1/b;6-5-;;;. The number of rotatable bonds is 6. The van der Waals surface area contributed by atoms with Gasteiger partial charge in [0.15, 0.2) is 0 Å². The molecule has 0 saturated heterocycles. The van der Waals surface area contributed by atoms with E-state index in [9.17, 15) is 0 Å². The van der Waals surface area contributed by atoms with E-state index >= 15 is 0 Å². The number of halogens is 4. The first-order valence-corrected chi connectivity index (χ1v) is 16.8. The zero-order valence-corrected chi connectivity index (χ0v) is 24.4. The summed E-state index contributed by atoms with van der Waals surface area (Å²) >= 11 is 21.2. The van der Waals surface area contributed by atoms with Gasteiger partial charge < -0.3 is 19.8 Å². The Morgan fingerprint density at radius 3 is 1.14 bits per heavy atom. The van der Waals surface area contributed by atoms with Crippen molar-refractivity contribution in [3.8, 4) is 0 Å². The van der Waals surface area contributed by atoms with E-state index in [1.807, 2.05) is 27.7 Å². The molecule has 0 aromatic rings. The second-order valence-electron chi connectivity index (χ2n) is 6.72. The minimum absolute atomic E-state index is 0. The molecule has 4 nitrogen and oxygen atoms in total. The van der Waals surface area contributed by atoms with Crippen LogP contribution in [-0.2, 0) is 0 Å². The summed E-state index contributed by atoms with van der Waals surface area (Å²) in [7, 11) is -1.37. The molecule has 0 aliphatic carbocycles. The topological polar surface area (TPSA) is 34.7 Å². The molecule has 1 rings (SSSR count). The maximum Gasteiger partial charge on any atom is 1.00 e. The third-order valence-electron chi connectivity index (χ3n) is 2.93. The van der Waals surface area contributed by atoms with Crippen molar-refractivity contribution in [1.82, 2.24) is 9.13 Å². The van der Waals surface area contributed by atoms with Crippen LogP contribution in [0.3, 0.4) is 0 Å². The van der Waals surface area contributed by atoms with Gasteiger partial charge in [-0.15, -0.1) is 56.4 Å². The van der Waals surface area contributed by atoms with Crippen molar-refractivity contribution in [3.63, 3.8) is 0 Å². The Hall–Kier alpha value is 1.47. The average molecular weight is 494 g/mol. The van der Waals surface area contributed by atoms with Crippen molar-refractivity contribution in [2.45, 2.75) is 79.6 Å². The molecule has 0 aromatic carbocycles. The van der Waals surface area contributed by atoms with Gasteiger partial charge in [-0.3, -0.25) is 0 Å². The third kappa shape index (κ3) is 22.2. The number of hydrogen-bond donors (Lipinski definition) is 0. The Bertz CT molecular complexity index is 372. The van der Waals surface area contributed by atoms with Gasteiger partial charge in [0, 0.05) is 24.5 Å². The second kappa shape index (κ2) is 21.7. The van der Waals surface area contributed by atoms with Crippen LogP contribution in [0.5, 0.6) is 0 Å². The summed E-state index contributed by atoms with van der Waals surface area (Å²) in [6.45, 7) is 15.2. The molecule has 1 heterocycles. The molecule has 0 saturated carbocycles. The van der Waals surface area contributed by atoms with E-state index in [-0.39, 0.29) is 37.7 Å². The summed E-state index contributed by atoms with van der Waals surface area (Å²) < 4.78 is 4.56. The molecule has 1 aliphatic heterocycles. The van der Waals surface area contributed by atoms with E-state index in [1.54, 1.807) is 12.4 Å². The van der Waals surface area contributed by atoms with Gasteiger partial charge in [0.1, 0.15) is 0 Å². The first-order chi connectivity index (χ1) is 11.9. The quantitative estimate of drug-likeness (QED) is 0.394. The molecular formula is C16H34Cl4Li2N4Si2. The summed E-state index contributed by atoms with van der Waals surface area (Å²) in [6, 6.07) is 1.80. The Balaban J connectivity index is -0.000000165. The van der Waals surface area contributed by atoms with Gasteiger partial charge in [-0.25, -0.2) is 12.4 Å². The molecule has 12 heteroatoms. The molecule has 0 unspecified atom stereocenters. The Morgan fingerprint density at radius 1 is 0.750 bits per heavy atom. The fourth-order valence-corrected chi connectivity index (χ4v) is 5.18. The van der Waals surface area contributed by atoms with Crippen LogP contribution in [-0.4, -0.2) is 48.5 Å². The van der Waals surface area contributed by atoms with E-state index in [4.69, 9.17) is 44.3 Å². The van der Waals surface area contributed by atoms with Gasteiger partial charge in [-0.2, -0.15) is 0 Å². The Labute approximate surface area is 219 Å². The first kappa shape index (κ1) is 36.8. The largest absolute Gasteiger partial charge is 1.00 e. The zero-order chi connectivity index (χ0) is 20.9. The normalized spacial score (nSPS) is 13.5. The van der Waals surface area contributed by atoms with Crippen molar-refractivity contribution < 1.29 is 37.7 Å². The Morgan fingerprint density at radius 2 is 1.00 bits per heavy atom. The molecule has 0 radical (unpaired) electrons. The van der Waals surface area contributed by atoms with Crippen LogP contribution in [0, 0.1) is 0 Å². The summed E-state index contributed by atoms with van der Waals surface area (Å²) in [6.07, 6.45) is 7.75. The van der Waals surface area contributed by atoms with Gasteiger partial charge in [0.25, 0.3) is 0 Å². The van der Waals surface area contributed by atoms with Crippen LogP contribution in [0.4, 0.5) is 0 Å². The van der Waals surface area contributed by atoms with Crippen LogP contribution >= 0.6 is 44.3 Å². The molecule has 1 aliphatic rings. The van der Waals surface area contributed by atoms with Crippen LogP contribution in [0.1, 0.15) is 55.4 Å². The van der Waals surface area contributed by atoms with Crippen LogP contribution < -0.4 is 37.7 Å². The molecule has 0 N–H and O–H groups in total. The summed E-state index contributed by atoms with van der Waals surface area (Å²) in [4.78, 5) is 0. The van der Waals surface area contributed by atoms with Gasteiger partial charge in [0.2, 0.25) is 0 Å². The van der Waals surface area contributed by atoms with E-state index in [0.717, 1.165) is 0 Å². The minimum atomic E-state index is -1.72. The maximum atomic E-state index is 6.36. The zero-order valence-electron chi connectivity index (χ0n) is 19.1. The van der Waals surface area contributed by atoms with Crippen molar-refractivity contribution in [3.05, 3.63) is 35.4 Å². The van der Waals surface area contributed by atoms with Gasteiger partial charge in [0.05, 0.1) is 0 Å². The molecular weight excluding hydrogens is 460 g/mol. The predicted octanol–water partition coefficient (Wildman–Crippen LogP) is 0.298. The molecule has 156 valence electrons. The van der Waals surface area contributed by atoms with Crippen LogP contribution in [0.15, 0.2) is 24.8 Å². The van der Waals surface area contributed by atoms with Crippen molar-refractivity contribution in [2.24, 2.45) is 0 Å². The molecule has 0 spiro atoms. The van der Waals surface area contributed by atoms with Gasteiger partial charge in [-0.05, 0) is 27.7 Å². The summed E-state index contributed by atoms with van der Waals surface area (Å²) in [5.74, 6) is 0. The SMILES string of the molecule is CC(C)N1C=CN(C(C)C)[SiH]1Cl.CC(C)[N-]/C=C\[N-]C(C)C.Cl[SiH](Cl)Cl.[Li+].[Li+]. The summed E-state index contributed by atoms with van der Waals surface area (Å²) in [5.41, 5.74) is 0. The van der Waals surface area contributed by atoms with E-state index < -0.39 is 15.2 Å². The van der Waals surface area contributed by atoms with E-state index in [2.05, 4.69) is 59.9 Å². The Kier molecular flexibility index (Phi) is 28.5. The molecule has 0 atom stereocenters. The molecule has 0 bridgehead atoms. The van der Waals surface area contributed by atoms with Crippen molar-refractivity contribution in [1.29, 1.82) is 0 Å². The fourth-order valence-electron chi connectivity index (χ4n) is 1.71. The van der Waals surface area contributed by atoms with Crippen molar-refractivity contribution >= 4 is 59.5 Å². The van der Waals surface area contributed by atoms with Crippen LogP contribution in [0.25, 0.3) is 10.6 Å². The monoisotopic (exact) mass is 492 g/mol. The molecule has 0 amide bonds. The third-order valence-corrected chi connectivity index (χ3v) is 6.80. The van der Waals surface area contributed by atoms with Gasteiger partial charge in [-0.1, -0.05) is 27.7 Å². The maximum absolute atomic E-state index is 6.36. The van der Waals surface area contributed by atoms with Crippen molar-refractivity contribution in [2.75, 3.05) is 0 Å². The predicted molar refractivity (Wildman–Crippen MR) is 127 cm³/mol. The smallest absolute Gasteiger partial charge is 0.690 e. The van der Waals surface area contributed by atoms with Gasteiger partial charge >= 0.3 is 52.9 Å². The van der Waals surface area contributed by atoms with E-state index in [0.29, 0.717) is 24.2 Å². The first-order valence-electron chi connectivity index (χ1n) is 8.74. The molecule has 0 aromatic heterocycles. The second-order valence-corrected chi connectivity index (χ2v) is 16.1. The average Bonchev–Trinajstić information content (AvgIpc) is 2.85.